The van der Waals surface area contributed by atoms with Crippen molar-refractivity contribution in [3.8, 4) is 0 Å². The van der Waals surface area contributed by atoms with Gasteiger partial charge in [0.25, 0.3) is 0 Å². The van der Waals surface area contributed by atoms with Crippen molar-refractivity contribution >= 4 is 0 Å². The predicted molar refractivity (Wildman–Crippen MR) is 70.4 cm³/mol. The molecule has 2 bridgehead atoms. The molecule has 4 saturated heterocycles. The van der Waals surface area contributed by atoms with Crippen molar-refractivity contribution in [2.45, 2.75) is 31.1 Å². The van der Waals surface area contributed by atoms with E-state index in [1.165, 1.54) is 25.9 Å². The molecular weight excluding hydrogens is 214 g/mol. The summed E-state index contributed by atoms with van der Waals surface area (Å²) in [5, 5.41) is 0. The molecule has 0 saturated carbocycles. The Bertz CT molecular complexity index is 231. The van der Waals surface area contributed by atoms with Crippen LogP contribution in [-0.4, -0.2) is 87.3 Å². The van der Waals surface area contributed by atoms with Gasteiger partial charge in [-0.15, -0.1) is 0 Å². The van der Waals surface area contributed by atoms with Gasteiger partial charge >= 0.3 is 0 Å². The minimum absolute atomic E-state index is 0.582. The van der Waals surface area contributed by atoms with Gasteiger partial charge in [-0.3, -0.25) is 0 Å². The second kappa shape index (κ2) is 5.65. The Balaban J connectivity index is 0.000000127. The van der Waals surface area contributed by atoms with Crippen molar-refractivity contribution in [2.24, 2.45) is 0 Å². The lowest BCUT2D eigenvalue weighted by atomic mass is 10.00. The summed E-state index contributed by atoms with van der Waals surface area (Å²) in [6.07, 6.45) is 3.86. The summed E-state index contributed by atoms with van der Waals surface area (Å²) in [6.45, 7) is 4.81. The Kier molecular flexibility index (Phi) is 4.42. The van der Waals surface area contributed by atoms with Crippen LogP contribution in [0.1, 0.15) is 12.8 Å². The highest BCUT2D eigenvalue weighted by atomic mass is 16.5. The van der Waals surface area contributed by atoms with Gasteiger partial charge in [-0.25, -0.2) is 0 Å². The molecular formula is C13H27N3O. The van der Waals surface area contributed by atoms with Crippen LogP contribution in [-0.2, 0) is 4.74 Å². The second-order valence-electron chi connectivity index (χ2n) is 6.02. The van der Waals surface area contributed by atoms with Crippen molar-refractivity contribution in [2.75, 3.05) is 54.4 Å². The average Bonchev–Trinajstić information content (AvgIpc) is 2.23. The number of ether oxygens (including phenoxy) is 1. The highest BCUT2D eigenvalue weighted by Gasteiger charge is 2.36. The molecule has 4 aliphatic heterocycles. The maximum Gasteiger partial charge on any atom is 0.0731 e. The minimum Gasteiger partial charge on any atom is -0.372 e. The van der Waals surface area contributed by atoms with Gasteiger partial charge in [0.1, 0.15) is 0 Å². The molecule has 0 N–H and O–H groups in total. The van der Waals surface area contributed by atoms with Crippen LogP contribution in [0.3, 0.4) is 0 Å². The highest BCUT2D eigenvalue weighted by molar-refractivity contribution is 4.87. The van der Waals surface area contributed by atoms with Crippen molar-refractivity contribution in [1.29, 1.82) is 0 Å². The Morgan fingerprint density at radius 3 is 1.94 bits per heavy atom. The summed E-state index contributed by atoms with van der Waals surface area (Å²) in [5.74, 6) is 0. The molecule has 4 heterocycles. The van der Waals surface area contributed by atoms with Gasteiger partial charge < -0.3 is 19.4 Å². The van der Waals surface area contributed by atoms with E-state index in [9.17, 15) is 0 Å². The minimum atomic E-state index is 0.582. The first-order chi connectivity index (χ1) is 8.04. The fourth-order valence-electron chi connectivity index (χ4n) is 2.78. The fraction of sp³-hybridized carbons (Fsp3) is 1.00. The zero-order valence-electron chi connectivity index (χ0n) is 11.7. The molecule has 17 heavy (non-hydrogen) atoms. The van der Waals surface area contributed by atoms with Gasteiger partial charge in [-0.05, 0) is 41.2 Å². The molecule has 100 valence electrons. The van der Waals surface area contributed by atoms with Crippen LogP contribution in [0.25, 0.3) is 0 Å². The molecule has 3 atom stereocenters. The Morgan fingerprint density at radius 1 is 1.18 bits per heavy atom. The molecule has 4 rings (SSSR count). The van der Waals surface area contributed by atoms with Gasteiger partial charge in [-0.2, -0.15) is 0 Å². The van der Waals surface area contributed by atoms with Crippen molar-refractivity contribution < 1.29 is 4.74 Å². The van der Waals surface area contributed by atoms with E-state index in [-0.39, 0.29) is 0 Å². The Hall–Kier alpha value is -0.160. The third kappa shape index (κ3) is 3.65. The normalized spacial score (nSPS) is 36.9. The molecule has 3 unspecified atom stereocenters. The smallest absolute Gasteiger partial charge is 0.0731 e. The summed E-state index contributed by atoms with van der Waals surface area (Å²) >= 11 is 0. The molecule has 0 aliphatic carbocycles. The number of likely N-dealkylation sites (N-methyl/N-ethyl adjacent to an activating group) is 3. The molecule has 4 aliphatic rings. The highest BCUT2D eigenvalue weighted by Crippen LogP contribution is 2.26. The monoisotopic (exact) mass is 241 g/mol. The van der Waals surface area contributed by atoms with E-state index in [1.54, 1.807) is 0 Å². The second-order valence-corrected chi connectivity index (χ2v) is 6.02. The average molecular weight is 241 g/mol. The first-order valence-corrected chi connectivity index (χ1v) is 6.73. The zero-order valence-corrected chi connectivity index (χ0v) is 11.7. The van der Waals surface area contributed by atoms with E-state index in [2.05, 4.69) is 42.9 Å². The van der Waals surface area contributed by atoms with Crippen LogP contribution >= 0.6 is 0 Å². The van der Waals surface area contributed by atoms with E-state index in [0.29, 0.717) is 12.2 Å². The number of rotatable bonds is 2. The Morgan fingerprint density at radius 2 is 1.76 bits per heavy atom. The summed E-state index contributed by atoms with van der Waals surface area (Å²) in [4.78, 5) is 6.99. The predicted octanol–water partition coefficient (Wildman–Crippen LogP) is 0.341. The van der Waals surface area contributed by atoms with Crippen LogP contribution in [0.15, 0.2) is 0 Å². The van der Waals surface area contributed by atoms with E-state index in [4.69, 9.17) is 4.74 Å². The molecule has 4 nitrogen and oxygen atoms in total. The first kappa shape index (κ1) is 13.3. The fourth-order valence-corrected chi connectivity index (χ4v) is 2.78. The van der Waals surface area contributed by atoms with Gasteiger partial charge in [0.05, 0.1) is 12.2 Å². The van der Waals surface area contributed by atoms with Gasteiger partial charge in [0, 0.05) is 32.1 Å². The summed E-state index contributed by atoms with van der Waals surface area (Å²) in [6, 6.07) is 0.833. The first-order valence-electron chi connectivity index (χ1n) is 6.73. The molecule has 0 amide bonds. The number of fused-ring (bicyclic) bond motifs is 2. The van der Waals surface area contributed by atoms with Crippen LogP contribution in [0.2, 0.25) is 0 Å². The Labute approximate surface area is 105 Å². The molecule has 0 spiro atoms. The van der Waals surface area contributed by atoms with Crippen LogP contribution in [0.5, 0.6) is 0 Å². The molecule has 4 fully saturated rings. The zero-order chi connectivity index (χ0) is 12.4. The lowest BCUT2D eigenvalue weighted by molar-refractivity contribution is -0.175. The third-order valence-electron chi connectivity index (χ3n) is 3.96. The molecule has 0 aromatic rings. The molecule has 0 radical (unpaired) electrons. The van der Waals surface area contributed by atoms with Crippen LogP contribution in [0.4, 0.5) is 0 Å². The van der Waals surface area contributed by atoms with Crippen LogP contribution < -0.4 is 0 Å². The number of nitrogens with zero attached hydrogens (tertiary/aromatic N) is 3. The lowest BCUT2D eigenvalue weighted by Gasteiger charge is -2.45. The molecule has 4 heteroatoms. The van der Waals surface area contributed by atoms with Crippen molar-refractivity contribution in [3.63, 3.8) is 0 Å². The number of morpholine rings is 1. The van der Waals surface area contributed by atoms with E-state index in [0.717, 1.165) is 19.1 Å². The van der Waals surface area contributed by atoms with Gasteiger partial charge in [0.2, 0.25) is 0 Å². The van der Waals surface area contributed by atoms with Crippen molar-refractivity contribution in [1.82, 2.24) is 14.7 Å². The lowest BCUT2D eigenvalue weighted by Crippen LogP contribution is -2.55. The summed E-state index contributed by atoms with van der Waals surface area (Å²) in [7, 11) is 8.61. The number of hydrogen-bond donors (Lipinski definition) is 0. The standard InChI is InChI=1S/C7H16N2.C6H11NO/c1-8(2)6-7-4-5-9(7)3;1-7-3-5-2-6(4-7)8-5/h7H,4-6H2,1-3H3;5-6H,2-4H2,1H3. The quantitative estimate of drug-likeness (QED) is 0.694. The van der Waals surface area contributed by atoms with E-state index in [1.807, 2.05) is 0 Å². The maximum atomic E-state index is 5.40. The van der Waals surface area contributed by atoms with Gasteiger partial charge in [-0.1, -0.05) is 0 Å². The SMILES string of the molecule is CN(C)CC1CCN1C.CN1CC2CC(C1)O2. The maximum absolute atomic E-state index is 5.40. The topological polar surface area (TPSA) is 19.0 Å². The van der Waals surface area contributed by atoms with Gasteiger partial charge in [0.15, 0.2) is 0 Å². The summed E-state index contributed by atoms with van der Waals surface area (Å²) in [5.41, 5.74) is 0. The summed E-state index contributed by atoms with van der Waals surface area (Å²) < 4.78 is 5.40. The molecule has 0 aromatic heterocycles. The number of piperidine rings is 1. The van der Waals surface area contributed by atoms with Crippen LogP contribution in [0, 0.1) is 0 Å². The number of likely N-dealkylation sites (tertiary alicyclic amines) is 1. The molecule has 0 aromatic carbocycles. The van der Waals surface area contributed by atoms with Crippen molar-refractivity contribution in [3.05, 3.63) is 0 Å². The largest absolute Gasteiger partial charge is 0.372 e. The van der Waals surface area contributed by atoms with E-state index >= 15 is 0 Å². The van der Waals surface area contributed by atoms with E-state index < -0.39 is 0 Å². The third-order valence-corrected chi connectivity index (χ3v) is 3.96. The number of hydrogen-bond acceptors (Lipinski definition) is 4.